The second kappa shape index (κ2) is 64.7. The van der Waals surface area contributed by atoms with Gasteiger partial charge in [0.1, 0.15) is 19.3 Å². The summed E-state index contributed by atoms with van der Waals surface area (Å²) in [6, 6.07) is 0. The van der Waals surface area contributed by atoms with Crippen molar-refractivity contribution < 1.29 is 80.2 Å². The number of carbonyl (C=O) groups is 4. The van der Waals surface area contributed by atoms with Crippen LogP contribution in [0.1, 0.15) is 376 Å². The fourth-order valence-electron chi connectivity index (χ4n) is 11.2. The normalized spacial score (nSPS) is 14.4. The highest BCUT2D eigenvalue weighted by Crippen LogP contribution is 2.45. The van der Waals surface area contributed by atoms with Gasteiger partial charge >= 0.3 is 39.5 Å². The van der Waals surface area contributed by atoms with Gasteiger partial charge in [-0.25, -0.2) is 9.13 Å². The number of hydrogen-bond acceptors (Lipinski definition) is 15. The largest absolute Gasteiger partial charge is 0.472 e. The quantitative estimate of drug-likeness (QED) is 0.0222. The molecule has 0 bridgehead atoms. The molecule has 3 N–H and O–H groups in total. The van der Waals surface area contributed by atoms with Crippen LogP contribution in [0.4, 0.5) is 0 Å². The maximum absolute atomic E-state index is 13.1. The summed E-state index contributed by atoms with van der Waals surface area (Å²) >= 11 is 0. The van der Waals surface area contributed by atoms with Gasteiger partial charge in [0.25, 0.3) is 0 Å². The van der Waals surface area contributed by atoms with Crippen molar-refractivity contribution in [2.45, 2.75) is 394 Å². The molecule has 0 amide bonds. The summed E-state index contributed by atoms with van der Waals surface area (Å²) in [7, 11) is -9.91. The first-order valence-electron chi connectivity index (χ1n) is 38.4. The fraction of sp³-hybridized carbons (Fsp3) is 0.946. The van der Waals surface area contributed by atoms with Crippen LogP contribution in [0.5, 0.6) is 0 Å². The van der Waals surface area contributed by atoms with Crippen LogP contribution in [0.25, 0.3) is 0 Å². The molecule has 0 aromatic rings. The first-order valence-corrected chi connectivity index (χ1v) is 41.4. The van der Waals surface area contributed by atoms with E-state index >= 15 is 0 Å². The average Bonchev–Trinajstić information content (AvgIpc) is 2.21. The highest BCUT2D eigenvalue weighted by molar-refractivity contribution is 7.47. The first kappa shape index (κ1) is 91.1. The smallest absolute Gasteiger partial charge is 0.462 e. The molecule has 17 nitrogen and oxygen atoms in total. The Morgan fingerprint density at radius 1 is 0.312 bits per heavy atom. The summed E-state index contributed by atoms with van der Waals surface area (Å²) in [4.78, 5) is 72.7. The molecule has 0 saturated heterocycles. The number of esters is 4. The third-order valence-electron chi connectivity index (χ3n) is 17.5. The number of rotatable bonds is 72. The summed E-state index contributed by atoms with van der Waals surface area (Å²) < 4.78 is 68.4. The van der Waals surface area contributed by atoms with Crippen molar-refractivity contribution in [3.8, 4) is 0 Å². The van der Waals surface area contributed by atoms with E-state index in [0.29, 0.717) is 25.7 Å². The Balaban J connectivity index is 5.25. The lowest BCUT2D eigenvalue weighted by Crippen LogP contribution is -2.30. The van der Waals surface area contributed by atoms with Crippen molar-refractivity contribution in [3.05, 3.63) is 0 Å². The Morgan fingerprint density at radius 2 is 0.548 bits per heavy atom. The predicted molar refractivity (Wildman–Crippen MR) is 377 cm³/mol. The minimum absolute atomic E-state index is 0.104. The zero-order valence-corrected chi connectivity index (χ0v) is 62.5. The molecule has 0 heterocycles. The molecule has 0 saturated carbocycles. The minimum atomic E-state index is -4.96. The van der Waals surface area contributed by atoms with Gasteiger partial charge < -0.3 is 33.8 Å². The molecular formula is C74H144O17P2. The molecule has 19 heteroatoms. The van der Waals surface area contributed by atoms with E-state index in [1.807, 2.05) is 0 Å². The Morgan fingerprint density at radius 3 is 0.817 bits per heavy atom. The molecule has 0 rings (SSSR count). The second-order valence-corrected chi connectivity index (χ2v) is 30.8. The number of phosphoric ester groups is 2. The summed E-state index contributed by atoms with van der Waals surface area (Å²) in [6.07, 6.45) is 49.9. The molecule has 0 aliphatic rings. The molecule has 0 fully saturated rings. The van der Waals surface area contributed by atoms with Crippen LogP contribution in [0.3, 0.4) is 0 Å². The van der Waals surface area contributed by atoms with Gasteiger partial charge in [-0.2, -0.15) is 0 Å². The average molecular weight is 1370 g/mol. The second-order valence-electron chi connectivity index (χ2n) is 27.9. The van der Waals surface area contributed by atoms with Crippen LogP contribution in [0.2, 0.25) is 0 Å². The third-order valence-corrected chi connectivity index (χ3v) is 19.4. The molecule has 3 unspecified atom stereocenters. The molecule has 0 aliphatic heterocycles. The lowest BCUT2D eigenvalue weighted by molar-refractivity contribution is -0.161. The van der Waals surface area contributed by atoms with Gasteiger partial charge in [-0.05, 0) is 43.4 Å². The van der Waals surface area contributed by atoms with E-state index in [2.05, 4.69) is 48.5 Å². The maximum atomic E-state index is 13.1. The van der Waals surface area contributed by atoms with Crippen molar-refractivity contribution in [1.29, 1.82) is 0 Å². The Hall–Kier alpha value is -1.94. The van der Waals surface area contributed by atoms with Gasteiger partial charge in [0.05, 0.1) is 26.4 Å². The fourth-order valence-corrected chi connectivity index (χ4v) is 12.8. The monoisotopic (exact) mass is 1370 g/mol. The molecule has 0 aromatic carbocycles. The highest BCUT2D eigenvalue weighted by atomic mass is 31.2. The highest BCUT2D eigenvalue weighted by Gasteiger charge is 2.30. The van der Waals surface area contributed by atoms with E-state index in [9.17, 15) is 43.2 Å². The topological polar surface area (TPSA) is 237 Å². The molecule has 0 aromatic heterocycles. The standard InChI is InChI=1S/C74H144O17P2/c1-8-10-11-12-13-14-15-16-20-23-28-33-41-48-55-71(76)84-61-69(90-73(78)57-50-43-34-29-24-21-18-17-19-22-26-31-38-45-52-65(3)4)63-88-92(80,81)86-59-68(75)60-87-93(82,83)89-64-70(62-85-72(77)56-49-42-37-36-40-47-54-67(7)9-2)91-74(79)58-51-44-35-30-25-27-32-39-46-53-66(5)6/h65-70,75H,8-64H2,1-7H3,(H,80,81)(H,82,83)/t67?,68-,69-,70-/m1/s1. The van der Waals surface area contributed by atoms with Gasteiger partial charge in [-0.3, -0.25) is 37.3 Å². The zero-order valence-electron chi connectivity index (χ0n) is 60.7. The molecule has 0 spiro atoms. The van der Waals surface area contributed by atoms with Gasteiger partial charge in [-0.1, -0.05) is 325 Å². The van der Waals surface area contributed by atoms with Crippen LogP contribution < -0.4 is 0 Å². The molecule has 6 atom stereocenters. The van der Waals surface area contributed by atoms with Gasteiger partial charge in [0.15, 0.2) is 12.2 Å². The first-order chi connectivity index (χ1) is 44.8. The summed E-state index contributed by atoms with van der Waals surface area (Å²) in [6.45, 7) is 11.8. The van der Waals surface area contributed by atoms with Crippen molar-refractivity contribution in [2.75, 3.05) is 39.6 Å². The summed E-state index contributed by atoms with van der Waals surface area (Å²) in [5.74, 6) is 0.141. The molecular weight excluding hydrogens is 1220 g/mol. The van der Waals surface area contributed by atoms with Crippen LogP contribution >= 0.6 is 15.6 Å². The summed E-state index contributed by atoms with van der Waals surface area (Å²) in [5, 5.41) is 10.6. The number of aliphatic hydroxyl groups excluding tert-OH is 1. The Kier molecular flexibility index (Phi) is 63.4. The van der Waals surface area contributed by atoms with Crippen molar-refractivity contribution in [3.63, 3.8) is 0 Å². The predicted octanol–water partition coefficient (Wildman–Crippen LogP) is 21.4. The van der Waals surface area contributed by atoms with E-state index in [1.54, 1.807) is 0 Å². The van der Waals surface area contributed by atoms with Crippen LogP contribution in [0.15, 0.2) is 0 Å². The van der Waals surface area contributed by atoms with Gasteiger partial charge in [0, 0.05) is 25.7 Å². The number of phosphoric acid groups is 2. The number of hydrogen-bond donors (Lipinski definition) is 3. The minimum Gasteiger partial charge on any atom is -0.462 e. The Bertz CT molecular complexity index is 1820. The maximum Gasteiger partial charge on any atom is 0.472 e. The number of ether oxygens (including phenoxy) is 4. The van der Waals surface area contributed by atoms with Crippen LogP contribution in [-0.4, -0.2) is 96.7 Å². The van der Waals surface area contributed by atoms with Crippen LogP contribution in [-0.2, 0) is 65.4 Å². The number of aliphatic hydroxyl groups is 1. The van der Waals surface area contributed by atoms with E-state index in [1.165, 1.54) is 180 Å². The Labute approximate surface area is 568 Å². The number of unbranched alkanes of at least 4 members (excludes halogenated alkanes) is 39. The van der Waals surface area contributed by atoms with Gasteiger partial charge in [-0.15, -0.1) is 0 Å². The molecule has 93 heavy (non-hydrogen) atoms. The van der Waals surface area contributed by atoms with Crippen molar-refractivity contribution >= 4 is 39.5 Å². The SMILES string of the molecule is CCCCCCCCCCCCCCCCC(=O)OC[C@H](COP(=O)(O)OC[C@@H](O)COP(=O)(O)OC[C@@H](COC(=O)CCCCCCCCC(C)CC)OC(=O)CCCCCCCCCCCC(C)C)OC(=O)CCCCCCCCCCCCCCCCC(C)C. The van der Waals surface area contributed by atoms with Crippen molar-refractivity contribution in [1.82, 2.24) is 0 Å². The molecule has 0 aliphatic carbocycles. The van der Waals surface area contributed by atoms with Crippen molar-refractivity contribution in [2.24, 2.45) is 17.8 Å². The lowest BCUT2D eigenvalue weighted by atomic mass is 10.00. The lowest BCUT2D eigenvalue weighted by Gasteiger charge is -2.21. The van der Waals surface area contributed by atoms with E-state index in [4.69, 9.17) is 37.0 Å². The molecule has 552 valence electrons. The van der Waals surface area contributed by atoms with E-state index in [0.717, 1.165) is 114 Å². The van der Waals surface area contributed by atoms with Crippen LogP contribution in [0, 0.1) is 17.8 Å². The number of carbonyl (C=O) groups excluding carboxylic acids is 4. The van der Waals surface area contributed by atoms with E-state index < -0.39 is 97.5 Å². The third kappa shape index (κ3) is 67.0. The van der Waals surface area contributed by atoms with Gasteiger partial charge in [0.2, 0.25) is 0 Å². The summed E-state index contributed by atoms with van der Waals surface area (Å²) in [5.41, 5.74) is 0. The molecule has 0 radical (unpaired) electrons. The zero-order chi connectivity index (χ0) is 68.7. The van der Waals surface area contributed by atoms with E-state index in [-0.39, 0.29) is 25.7 Å².